The number of hydrogen-bond donors (Lipinski definition) is 1. The fourth-order valence-corrected chi connectivity index (χ4v) is 2.21. The van der Waals surface area contributed by atoms with Crippen LogP contribution in [0.3, 0.4) is 0 Å². The summed E-state index contributed by atoms with van der Waals surface area (Å²) in [5, 5.41) is 7.80. The summed E-state index contributed by atoms with van der Waals surface area (Å²) in [4.78, 5) is 4.34. The van der Waals surface area contributed by atoms with Gasteiger partial charge in [-0.2, -0.15) is 5.10 Å². The van der Waals surface area contributed by atoms with Crippen LogP contribution >= 0.6 is 0 Å². The van der Waals surface area contributed by atoms with Gasteiger partial charge in [-0.05, 0) is 52.3 Å². The molecule has 0 saturated heterocycles. The average molecular weight is 288 g/mol. The normalized spacial score (nSPS) is 10.9. The van der Waals surface area contributed by atoms with Gasteiger partial charge in [0.15, 0.2) is 11.6 Å². The number of nitrogens with zero attached hydrogens (tertiary/aromatic N) is 3. The lowest BCUT2D eigenvalue weighted by Crippen LogP contribution is -2.12. The molecule has 2 aromatic heterocycles. The molecule has 21 heavy (non-hydrogen) atoms. The predicted octanol–water partition coefficient (Wildman–Crippen LogP) is 3.18. The zero-order valence-electron chi connectivity index (χ0n) is 13.3. The largest absolute Gasteiger partial charge is 0.487 e. The van der Waals surface area contributed by atoms with Gasteiger partial charge in [0, 0.05) is 25.0 Å². The average Bonchev–Trinajstić information content (AvgIpc) is 2.74. The van der Waals surface area contributed by atoms with Gasteiger partial charge in [-0.15, -0.1) is 0 Å². The first-order valence-electron chi connectivity index (χ1n) is 7.43. The summed E-state index contributed by atoms with van der Waals surface area (Å²) in [5.41, 5.74) is 2.27. The Hall–Kier alpha value is -2.04. The lowest BCUT2D eigenvalue weighted by molar-refractivity contribution is 0.243. The van der Waals surface area contributed by atoms with E-state index in [0.29, 0.717) is 0 Å². The first kappa shape index (κ1) is 15.4. The number of nitrogens with one attached hydrogen (secondary N) is 1. The van der Waals surface area contributed by atoms with Crippen molar-refractivity contribution in [1.82, 2.24) is 14.8 Å². The van der Waals surface area contributed by atoms with Crippen molar-refractivity contribution >= 4 is 5.82 Å². The van der Waals surface area contributed by atoms with Crippen LogP contribution in [0.1, 0.15) is 31.7 Å². The van der Waals surface area contributed by atoms with E-state index in [2.05, 4.69) is 28.4 Å². The molecule has 0 atom stereocenters. The number of anilines is 1. The summed E-state index contributed by atoms with van der Waals surface area (Å²) < 4.78 is 7.78. The lowest BCUT2D eigenvalue weighted by atomic mass is 10.3. The molecule has 2 aromatic rings. The second kappa shape index (κ2) is 7.11. The van der Waals surface area contributed by atoms with Crippen molar-refractivity contribution in [3.05, 3.63) is 35.8 Å². The molecule has 2 heterocycles. The lowest BCUT2D eigenvalue weighted by Gasteiger charge is -2.14. The third kappa shape index (κ3) is 4.48. The minimum Gasteiger partial charge on any atom is -0.487 e. The van der Waals surface area contributed by atoms with Gasteiger partial charge in [-0.1, -0.05) is 0 Å². The second-order valence-corrected chi connectivity index (χ2v) is 5.45. The minimum atomic E-state index is 0.143. The van der Waals surface area contributed by atoms with E-state index in [1.54, 1.807) is 6.20 Å². The van der Waals surface area contributed by atoms with Crippen molar-refractivity contribution in [2.75, 3.05) is 11.9 Å². The minimum absolute atomic E-state index is 0.143. The molecular formula is C16H24N4O. The third-order valence-electron chi connectivity index (χ3n) is 3.08. The maximum Gasteiger partial charge on any atom is 0.168 e. The van der Waals surface area contributed by atoms with E-state index in [4.69, 9.17) is 4.74 Å². The summed E-state index contributed by atoms with van der Waals surface area (Å²) in [6.45, 7) is 9.87. The van der Waals surface area contributed by atoms with E-state index in [1.165, 1.54) is 5.69 Å². The Morgan fingerprint density at radius 1 is 1.33 bits per heavy atom. The molecule has 1 N–H and O–H groups in total. The van der Waals surface area contributed by atoms with Crippen LogP contribution in [0, 0.1) is 13.8 Å². The quantitative estimate of drug-likeness (QED) is 0.795. The first-order valence-corrected chi connectivity index (χ1v) is 7.43. The Balaban J connectivity index is 1.85. The van der Waals surface area contributed by atoms with E-state index in [0.717, 1.165) is 36.8 Å². The van der Waals surface area contributed by atoms with Crippen molar-refractivity contribution in [2.24, 2.45) is 0 Å². The molecule has 5 nitrogen and oxygen atoms in total. The van der Waals surface area contributed by atoms with Crippen LogP contribution in [0.5, 0.6) is 5.75 Å². The number of rotatable bonds is 7. The molecule has 114 valence electrons. The van der Waals surface area contributed by atoms with Crippen molar-refractivity contribution in [2.45, 2.75) is 46.8 Å². The van der Waals surface area contributed by atoms with Gasteiger partial charge in [0.1, 0.15) is 0 Å². The van der Waals surface area contributed by atoms with E-state index in [1.807, 2.05) is 37.6 Å². The van der Waals surface area contributed by atoms with Crippen LogP contribution in [-0.4, -0.2) is 27.4 Å². The number of aryl methyl sites for hydroxylation is 3. The van der Waals surface area contributed by atoms with Crippen LogP contribution in [0.2, 0.25) is 0 Å². The highest BCUT2D eigenvalue weighted by Crippen LogP contribution is 2.21. The summed E-state index contributed by atoms with van der Waals surface area (Å²) in [5.74, 6) is 1.61. The van der Waals surface area contributed by atoms with Crippen LogP contribution in [-0.2, 0) is 6.54 Å². The Morgan fingerprint density at radius 3 is 2.81 bits per heavy atom. The van der Waals surface area contributed by atoms with E-state index < -0.39 is 0 Å². The molecule has 0 aliphatic rings. The van der Waals surface area contributed by atoms with Gasteiger partial charge in [-0.3, -0.25) is 4.68 Å². The third-order valence-corrected chi connectivity index (χ3v) is 3.08. The van der Waals surface area contributed by atoms with Crippen LogP contribution in [0.15, 0.2) is 24.4 Å². The van der Waals surface area contributed by atoms with Gasteiger partial charge in [0.2, 0.25) is 0 Å². The second-order valence-electron chi connectivity index (χ2n) is 5.45. The van der Waals surface area contributed by atoms with Crippen molar-refractivity contribution in [3.8, 4) is 5.75 Å². The maximum atomic E-state index is 5.74. The van der Waals surface area contributed by atoms with E-state index in [-0.39, 0.29) is 6.10 Å². The monoisotopic (exact) mass is 288 g/mol. The highest BCUT2D eigenvalue weighted by molar-refractivity contribution is 5.49. The molecule has 0 aliphatic carbocycles. The zero-order chi connectivity index (χ0) is 15.2. The van der Waals surface area contributed by atoms with Gasteiger partial charge in [0.05, 0.1) is 11.8 Å². The van der Waals surface area contributed by atoms with Crippen LogP contribution < -0.4 is 10.1 Å². The Labute approximate surface area is 126 Å². The zero-order valence-corrected chi connectivity index (χ0v) is 13.3. The first-order chi connectivity index (χ1) is 10.1. The molecule has 0 spiro atoms. The smallest absolute Gasteiger partial charge is 0.168 e. The predicted molar refractivity (Wildman–Crippen MR) is 84.8 cm³/mol. The molecule has 0 fully saturated rings. The fraction of sp³-hybridized carbons (Fsp3) is 0.500. The highest BCUT2D eigenvalue weighted by Gasteiger charge is 2.06. The number of ether oxygens (including phenoxy) is 1. The van der Waals surface area contributed by atoms with Gasteiger partial charge in [-0.25, -0.2) is 4.98 Å². The molecule has 0 amide bonds. The number of pyridine rings is 1. The van der Waals surface area contributed by atoms with Crippen LogP contribution in [0.4, 0.5) is 5.82 Å². The Kier molecular flexibility index (Phi) is 5.20. The molecule has 2 rings (SSSR count). The molecule has 0 radical (unpaired) electrons. The number of hydrogen-bond acceptors (Lipinski definition) is 4. The summed E-state index contributed by atoms with van der Waals surface area (Å²) >= 11 is 0. The van der Waals surface area contributed by atoms with Gasteiger partial charge < -0.3 is 10.1 Å². The SMILES string of the molecule is Cc1cc(C)n(CCCNc2ncccc2OC(C)C)n1. The van der Waals surface area contributed by atoms with E-state index in [9.17, 15) is 0 Å². The van der Waals surface area contributed by atoms with E-state index >= 15 is 0 Å². The molecule has 5 heteroatoms. The molecular weight excluding hydrogens is 264 g/mol. The maximum absolute atomic E-state index is 5.74. The molecule has 0 unspecified atom stereocenters. The Bertz CT molecular complexity index is 577. The molecule has 0 aromatic carbocycles. The highest BCUT2D eigenvalue weighted by atomic mass is 16.5. The number of aromatic nitrogens is 3. The summed E-state index contributed by atoms with van der Waals surface area (Å²) in [7, 11) is 0. The molecule has 0 saturated carbocycles. The fourth-order valence-electron chi connectivity index (χ4n) is 2.21. The van der Waals surface area contributed by atoms with Gasteiger partial charge >= 0.3 is 0 Å². The van der Waals surface area contributed by atoms with Gasteiger partial charge in [0.25, 0.3) is 0 Å². The van der Waals surface area contributed by atoms with Crippen molar-refractivity contribution in [3.63, 3.8) is 0 Å². The molecule has 0 bridgehead atoms. The van der Waals surface area contributed by atoms with Crippen LogP contribution in [0.25, 0.3) is 0 Å². The Morgan fingerprint density at radius 2 is 2.14 bits per heavy atom. The molecule has 0 aliphatic heterocycles. The van der Waals surface area contributed by atoms with Crippen molar-refractivity contribution in [1.29, 1.82) is 0 Å². The standard InChI is InChI=1S/C16H24N4O/c1-12(2)21-15-7-5-8-17-16(15)18-9-6-10-20-14(4)11-13(3)19-20/h5,7-8,11-12H,6,9-10H2,1-4H3,(H,17,18). The topological polar surface area (TPSA) is 52.0 Å². The summed E-state index contributed by atoms with van der Waals surface area (Å²) in [6, 6.07) is 5.93. The van der Waals surface area contributed by atoms with Crippen molar-refractivity contribution < 1.29 is 4.74 Å². The summed E-state index contributed by atoms with van der Waals surface area (Å²) in [6.07, 6.45) is 2.90.